The molecule has 0 radical (unpaired) electrons. The molecule has 4 N–H and O–H groups in total. The summed E-state index contributed by atoms with van der Waals surface area (Å²) < 4.78 is 5.68. The van der Waals surface area contributed by atoms with Crippen LogP contribution in [0.5, 0.6) is 0 Å². The highest BCUT2D eigenvalue weighted by atomic mass is 16.5. The number of amides is 1. The average Bonchev–Trinajstić information content (AvgIpc) is 3.06. The number of H-pyrrole nitrogens is 2. The zero-order chi connectivity index (χ0) is 18.8. The van der Waals surface area contributed by atoms with E-state index in [1.165, 1.54) is 0 Å². The Labute approximate surface area is 154 Å². The van der Waals surface area contributed by atoms with E-state index >= 15 is 0 Å². The van der Waals surface area contributed by atoms with Crippen molar-refractivity contribution in [1.82, 2.24) is 20.3 Å². The Balaban J connectivity index is 1.76. The first-order chi connectivity index (χ1) is 13.1. The lowest BCUT2D eigenvalue weighted by Gasteiger charge is -2.35. The number of benzene rings is 1. The van der Waals surface area contributed by atoms with E-state index < -0.39 is 6.09 Å². The SMILES string of the molecule is O=C(O)NCC1CN(c2c(-c3ccccc3)cnc3[nH]c(=O)[nH]c23)CCO1. The summed E-state index contributed by atoms with van der Waals surface area (Å²) in [6.45, 7) is 1.77. The molecule has 1 saturated heterocycles. The number of hydrogen-bond donors (Lipinski definition) is 4. The van der Waals surface area contributed by atoms with Crippen LogP contribution in [0.4, 0.5) is 10.5 Å². The number of rotatable bonds is 4. The van der Waals surface area contributed by atoms with Crippen LogP contribution < -0.4 is 15.9 Å². The second kappa shape index (κ2) is 7.12. The van der Waals surface area contributed by atoms with Gasteiger partial charge in [0.1, 0.15) is 5.52 Å². The Morgan fingerprint density at radius 1 is 1.33 bits per heavy atom. The first-order valence-electron chi connectivity index (χ1n) is 8.61. The van der Waals surface area contributed by atoms with Crippen LogP contribution in [0.1, 0.15) is 0 Å². The Kier molecular flexibility index (Phi) is 4.51. The van der Waals surface area contributed by atoms with Crippen LogP contribution in [0, 0.1) is 0 Å². The first-order valence-corrected chi connectivity index (χ1v) is 8.61. The molecule has 1 aliphatic rings. The molecule has 1 fully saturated rings. The van der Waals surface area contributed by atoms with Gasteiger partial charge in [-0.2, -0.15) is 0 Å². The predicted octanol–water partition coefficient (Wildman–Crippen LogP) is 1.39. The van der Waals surface area contributed by atoms with Crippen LogP contribution >= 0.6 is 0 Å². The van der Waals surface area contributed by atoms with Crippen LogP contribution in [-0.2, 0) is 4.74 Å². The molecular formula is C18H19N5O4. The monoisotopic (exact) mass is 369 g/mol. The Bertz CT molecular complexity index is 1010. The fourth-order valence-corrected chi connectivity index (χ4v) is 3.37. The summed E-state index contributed by atoms with van der Waals surface area (Å²) in [7, 11) is 0. The number of hydrogen-bond acceptors (Lipinski definition) is 5. The molecule has 4 rings (SSSR count). The van der Waals surface area contributed by atoms with Gasteiger partial charge in [0.25, 0.3) is 0 Å². The number of imidazole rings is 1. The third-order valence-corrected chi connectivity index (χ3v) is 4.54. The van der Waals surface area contributed by atoms with Gasteiger partial charge in [0.05, 0.1) is 18.4 Å². The van der Waals surface area contributed by atoms with Gasteiger partial charge in [-0.05, 0) is 5.56 Å². The molecule has 0 saturated carbocycles. The van der Waals surface area contributed by atoms with E-state index in [-0.39, 0.29) is 18.3 Å². The topological polar surface area (TPSA) is 123 Å². The molecule has 3 aromatic rings. The van der Waals surface area contributed by atoms with Gasteiger partial charge < -0.3 is 25.0 Å². The largest absolute Gasteiger partial charge is 0.465 e. The Hall–Kier alpha value is -3.33. The maximum Gasteiger partial charge on any atom is 0.404 e. The van der Waals surface area contributed by atoms with Crippen LogP contribution in [-0.4, -0.2) is 58.5 Å². The molecule has 9 heteroatoms. The standard InChI is InChI=1S/C18H19N5O4/c24-17-21-14-15(23-6-7-27-12(10-23)8-20-18(25)26)13(9-19-16(14)22-17)11-4-2-1-3-5-11/h1-5,9,12,20H,6-8,10H2,(H,25,26)(H2,19,21,22,24). The van der Waals surface area contributed by atoms with Gasteiger partial charge in [0.2, 0.25) is 0 Å². The van der Waals surface area contributed by atoms with E-state index in [1.54, 1.807) is 6.20 Å². The number of aromatic amines is 2. The molecule has 1 amide bonds. The van der Waals surface area contributed by atoms with E-state index in [0.717, 1.165) is 16.8 Å². The van der Waals surface area contributed by atoms with Crippen molar-refractivity contribution in [3.63, 3.8) is 0 Å². The van der Waals surface area contributed by atoms with E-state index in [9.17, 15) is 9.59 Å². The molecular weight excluding hydrogens is 350 g/mol. The molecule has 1 atom stereocenters. The normalized spacial score (nSPS) is 17.2. The van der Waals surface area contributed by atoms with Crippen LogP contribution in [0.15, 0.2) is 41.3 Å². The molecule has 0 aliphatic carbocycles. The molecule has 0 bridgehead atoms. The van der Waals surface area contributed by atoms with Crippen molar-refractivity contribution >= 4 is 22.9 Å². The van der Waals surface area contributed by atoms with Gasteiger partial charge in [0.15, 0.2) is 5.65 Å². The lowest BCUT2D eigenvalue weighted by Crippen LogP contribution is -2.47. The summed E-state index contributed by atoms with van der Waals surface area (Å²) in [6.07, 6.45) is 0.380. The second-order valence-electron chi connectivity index (χ2n) is 6.31. The number of carboxylic acid groups (broad SMARTS) is 1. The molecule has 1 aromatic carbocycles. The molecule has 1 aliphatic heterocycles. The number of morpholine rings is 1. The number of pyridine rings is 1. The summed E-state index contributed by atoms with van der Waals surface area (Å²) in [5, 5.41) is 11.2. The molecule has 2 aromatic heterocycles. The summed E-state index contributed by atoms with van der Waals surface area (Å²) >= 11 is 0. The third-order valence-electron chi connectivity index (χ3n) is 4.54. The first kappa shape index (κ1) is 17.1. The molecule has 9 nitrogen and oxygen atoms in total. The van der Waals surface area contributed by atoms with Gasteiger partial charge in [0, 0.05) is 31.4 Å². The third kappa shape index (κ3) is 3.49. The smallest absolute Gasteiger partial charge is 0.404 e. The van der Waals surface area contributed by atoms with Gasteiger partial charge in [-0.3, -0.25) is 4.98 Å². The van der Waals surface area contributed by atoms with E-state index in [1.807, 2.05) is 30.3 Å². The number of anilines is 1. The minimum absolute atomic E-state index is 0.199. The van der Waals surface area contributed by atoms with Crippen LogP contribution in [0.3, 0.4) is 0 Å². The Morgan fingerprint density at radius 3 is 2.93 bits per heavy atom. The highest BCUT2D eigenvalue weighted by Crippen LogP contribution is 2.35. The van der Waals surface area contributed by atoms with Crippen molar-refractivity contribution in [2.24, 2.45) is 0 Å². The van der Waals surface area contributed by atoms with Gasteiger partial charge in [-0.15, -0.1) is 0 Å². The van der Waals surface area contributed by atoms with Gasteiger partial charge >= 0.3 is 11.8 Å². The van der Waals surface area contributed by atoms with Crippen molar-refractivity contribution < 1.29 is 14.6 Å². The zero-order valence-corrected chi connectivity index (χ0v) is 14.4. The molecule has 27 heavy (non-hydrogen) atoms. The summed E-state index contributed by atoms with van der Waals surface area (Å²) in [5.41, 5.74) is 3.53. The molecule has 1 unspecified atom stereocenters. The van der Waals surface area contributed by atoms with E-state index in [4.69, 9.17) is 9.84 Å². The van der Waals surface area contributed by atoms with E-state index in [0.29, 0.717) is 30.9 Å². The predicted molar refractivity (Wildman–Crippen MR) is 100 cm³/mol. The number of aromatic nitrogens is 3. The van der Waals surface area contributed by atoms with Crippen LogP contribution in [0.2, 0.25) is 0 Å². The summed E-state index contributed by atoms with van der Waals surface area (Å²) in [6, 6.07) is 9.81. The van der Waals surface area contributed by atoms with Gasteiger partial charge in [-0.25, -0.2) is 14.6 Å². The summed E-state index contributed by atoms with van der Waals surface area (Å²) in [4.78, 5) is 34.6. The fraction of sp³-hybridized carbons (Fsp3) is 0.278. The lowest BCUT2D eigenvalue weighted by molar-refractivity contribution is 0.0412. The highest BCUT2D eigenvalue weighted by molar-refractivity contribution is 5.96. The highest BCUT2D eigenvalue weighted by Gasteiger charge is 2.26. The number of ether oxygens (including phenoxy) is 1. The van der Waals surface area contributed by atoms with Crippen molar-refractivity contribution in [3.8, 4) is 11.1 Å². The number of fused-ring (bicyclic) bond motifs is 1. The fourth-order valence-electron chi connectivity index (χ4n) is 3.37. The van der Waals surface area contributed by atoms with Crippen molar-refractivity contribution in [2.45, 2.75) is 6.10 Å². The molecule has 140 valence electrons. The average molecular weight is 369 g/mol. The minimum Gasteiger partial charge on any atom is -0.465 e. The zero-order valence-electron chi connectivity index (χ0n) is 14.4. The Morgan fingerprint density at radius 2 is 2.15 bits per heavy atom. The minimum atomic E-state index is -1.08. The maximum absolute atomic E-state index is 11.8. The lowest BCUT2D eigenvalue weighted by atomic mass is 10.0. The van der Waals surface area contributed by atoms with Crippen LogP contribution in [0.25, 0.3) is 22.3 Å². The molecule has 0 spiro atoms. The quantitative estimate of drug-likeness (QED) is 0.551. The molecule has 3 heterocycles. The number of nitrogens with zero attached hydrogens (tertiary/aromatic N) is 2. The van der Waals surface area contributed by atoms with Crippen molar-refractivity contribution in [1.29, 1.82) is 0 Å². The second-order valence-corrected chi connectivity index (χ2v) is 6.31. The number of carbonyl (C=O) groups is 1. The van der Waals surface area contributed by atoms with Crippen molar-refractivity contribution in [3.05, 3.63) is 47.0 Å². The maximum atomic E-state index is 11.8. The van der Waals surface area contributed by atoms with Crippen molar-refractivity contribution in [2.75, 3.05) is 31.1 Å². The summed E-state index contributed by atoms with van der Waals surface area (Å²) in [5.74, 6) is 0. The number of nitrogens with one attached hydrogen (secondary N) is 3. The van der Waals surface area contributed by atoms with Gasteiger partial charge in [-0.1, -0.05) is 30.3 Å². The van der Waals surface area contributed by atoms with E-state index in [2.05, 4.69) is 25.2 Å².